The van der Waals surface area contributed by atoms with Crippen LogP contribution in [0.1, 0.15) is 29.7 Å². The summed E-state index contributed by atoms with van der Waals surface area (Å²) in [5.74, 6) is -0.774. The van der Waals surface area contributed by atoms with Gasteiger partial charge >= 0.3 is 6.09 Å². The van der Waals surface area contributed by atoms with Crippen molar-refractivity contribution in [3.8, 4) is 6.07 Å². The van der Waals surface area contributed by atoms with Gasteiger partial charge in [-0.3, -0.25) is 4.90 Å². The van der Waals surface area contributed by atoms with E-state index in [1.54, 1.807) is 11.0 Å². The van der Waals surface area contributed by atoms with Gasteiger partial charge in [-0.25, -0.2) is 14.2 Å². The molecule has 0 saturated carbocycles. The number of amides is 1. The van der Waals surface area contributed by atoms with Gasteiger partial charge in [0.05, 0.1) is 30.9 Å². The number of carbonyl (C=O) groups excluding carboxylic acids is 1. The molecule has 1 aromatic carbocycles. The van der Waals surface area contributed by atoms with Gasteiger partial charge in [0.15, 0.2) is 11.5 Å². The molecule has 1 amide bonds. The fraction of sp³-hybridized carbons (Fsp3) is 0.381. The highest BCUT2D eigenvalue weighted by molar-refractivity contribution is 5.69. The number of halogens is 1. The van der Waals surface area contributed by atoms with E-state index in [-0.39, 0.29) is 38.4 Å². The van der Waals surface area contributed by atoms with Crippen LogP contribution >= 0.6 is 0 Å². The van der Waals surface area contributed by atoms with Gasteiger partial charge in [0.25, 0.3) is 0 Å². The highest BCUT2D eigenvalue weighted by Gasteiger charge is 2.49. The molecule has 1 N–H and O–H groups in total. The second-order valence-electron chi connectivity index (χ2n) is 7.40. The zero-order valence-corrected chi connectivity index (χ0v) is 15.6. The highest BCUT2D eigenvalue weighted by atomic mass is 19.1. The Balaban J connectivity index is 1.50. The van der Waals surface area contributed by atoms with E-state index >= 15 is 0 Å². The normalized spacial score (nSPS) is 25.9. The maximum Gasteiger partial charge on any atom is 0.410 e. The lowest BCUT2D eigenvalue weighted by atomic mass is 9.77. The number of aromatic nitrogens is 1. The van der Waals surface area contributed by atoms with Crippen LogP contribution in [-0.2, 0) is 21.7 Å². The third-order valence-electron chi connectivity index (χ3n) is 5.45. The predicted octanol–water partition coefficient (Wildman–Crippen LogP) is 2.48. The molecule has 7 nitrogen and oxygen atoms in total. The first-order valence-electron chi connectivity index (χ1n) is 9.35. The van der Waals surface area contributed by atoms with Crippen LogP contribution in [-0.4, -0.2) is 46.4 Å². The van der Waals surface area contributed by atoms with Gasteiger partial charge in [0.1, 0.15) is 12.7 Å². The molecule has 2 aliphatic heterocycles. The van der Waals surface area contributed by atoms with Crippen LogP contribution in [0.25, 0.3) is 0 Å². The second kappa shape index (κ2) is 7.78. The van der Waals surface area contributed by atoms with Crippen molar-refractivity contribution in [2.24, 2.45) is 0 Å². The average molecular weight is 397 g/mol. The van der Waals surface area contributed by atoms with Crippen LogP contribution in [0.2, 0.25) is 0 Å². The quantitative estimate of drug-likeness (QED) is 0.855. The predicted molar refractivity (Wildman–Crippen MR) is 98.9 cm³/mol. The Labute approximate surface area is 167 Å². The minimum atomic E-state index is -1.36. The Morgan fingerprint density at radius 1 is 1.34 bits per heavy atom. The lowest BCUT2D eigenvalue weighted by Crippen LogP contribution is -2.62. The fourth-order valence-corrected chi connectivity index (χ4v) is 4.08. The number of fused-ring (bicyclic) bond motifs is 2. The summed E-state index contributed by atoms with van der Waals surface area (Å²) in [6, 6.07) is 11.4. The van der Waals surface area contributed by atoms with Gasteiger partial charge in [-0.2, -0.15) is 5.26 Å². The third kappa shape index (κ3) is 3.79. The molecule has 2 aliphatic rings. The number of nitrogens with zero attached hydrogens (tertiary/aromatic N) is 3. The van der Waals surface area contributed by atoms with Crippen LogP contribution in [0.5, 0.6) is 0 Å². The second-order valence-corrected chi connectivity index (χ2v) is 7.40. The number of morpholine rings is 1. The molecule has 4 rings (SSSR count). The smallest absolute Gasteiger partial charge is 0.410 e. The summed E-state index contributed by atoms with van der Waals surface area (Å²) in [6.07, 6.45) is 1.19. The lowest BCUT2D eigenvalue weighted by Gasteiger charge is -2.50. The number of nitriles is 1. The molecule has 1 aromatic heterocycles. The molecule has 2 fully saturated rings. The number of hydrogen-bond acceptors (Lipinski definition) is 6. The van der Waals surface area contributed by atoms with Crippen molar-refractivity contribution in [2.45, 2.75) is 37.1 Å². The van der Waals surface area contributed by atoms with E-state index in [2.05, 4.69) is 4.98 Å². The topological polar surface area (TPSA) is 95.7 Å². The van der Waals surface area contributed by atoms with Crippen molar-refractivity contribution in [3.05, 3.63) is 65.2 Å². The lowest BCUT2D eigenvalue weighted by molar-refractivity contribution is -0.137. The Morgan fingerprint density at radius 2 is 2.03 bits per heavy atom. The van der Waals surface area contributed by atoms with Crippen molar-refractivity contribution in [1.82, 2.24) is 9.88 Å². The number of rotatable bonds is 3. The van der Waals surface area contributed by atoms with Crippen LogP contribution in [0.4, 0.5) is 9.18 Å². The van der Waals surface area contributed by atoms with E-state index in [1.807, 2.05) is 30.3 Å². The van der Waals surface area contributed by atoms with Crippen molar-refractivity contribution < 1.29 is 23.8 Å². The van der Waals surface area contributed by atoms with Gasteiger partial charge in [-0.05, 0) is 11.6 Å². The Kier molecular flexibility index (Phi) is 5.18. The Hall–Kier alpha value is -3.02. The molecule has 0 spiro atoms. The van der Waals surface area contributed by atoms with Crippen LogP contribution < -0.4 is 0 Å². The summed E-state index contributed by atoms with van der Waals surface area (Å²) in [7, 11) is 0. The summed E-state index contributed by atoms with van der Waals surface area (Å²) in [4.78, 5) is 18.1. The summed E-state index contributed by atoms with van der Waals surface area (Å²) < 4.78 is 25.1. The monoisotopic (exact) mass is 397 g/mol. The Bertz CT molecular complexity index is 933. The van der Waals surface area contributed by atoms with Crippen LogP contribution in [0.15, 0.2) is 42.6 Å². The number of benzene rings is 1. The van der Waals surface area contributed by atoms with Crippen LogP contribution in [0.3, 0.4) is 0 Å². The summed E-state index contributed by atoms with van der Waals surface area (Å²) in [6.45, 7) is 0.669. The highest BCUT2D eigenvalue weighted by Crippen LogP contribution is 2.41. The number of piperidine rings is 1. The van der Waals surface area contributed by atoms with Gasteiger partial charge in [0.2, 0.25) is 0 Å². The molecule has 0 radical (unpaired) electrons. The zero-order valence-electron chi connectivity index (χ0n) is 15.6. The summed E-state index contributed by atoms with van der Waals surface area (Å²) in [5, 5.41) is 20.1. The third-order valence-corrected chi connectivity index (χ3v) is 5.45. The number of carbonyl (C=O) groups is 1. The molecule has 2 saturated heterocycles. The minimum absolute atomic E-state index is 0.158. The molecular formula is C21H20FN3O4. The molecule has 2 aromatic rings. The van der Waals surface area contributed by atoms with Gasteiger partial charge < -0.3 is 14.6 Å². The first kappa shape index (κ1) is 19.3. The van der Waals surface area contributed by atoms with Gasteiger partial charge in [0, 0.05) is 24.6 Å². The number of hydrogen-bond donors (Lipinski definition) is 1. The molecule has 0 aliphatic carbocycles. The maximum absolute atomic E-state index is 14.0. The summed E-state index contributed by atoms with van der Waals surface area (Å²) in [5.41, 5.74) is -0.502. The van der Waals surface area contributed by atoms with E-state index in [4.69, 9.17) is 14.7 Å². The Morgan fingerprint density at radius 3 is 2.66 bits per heavy atom. The van der Waals surface area contributed by atoms with Crippen molar-refractivity contribution in [2.75, 3.05) is 13.2 Å². The van der Waals surface area contributed by atoms with Crippen LogP contribution in [0, 0.1) is 17.1 Å². The van der Waals surface area contributed by atoms with E-state index in [9.17, 15) is 14.3 Å². The SMILES string of the molecule is N#Cc1ncc(C2(O)CC3COCC(C2)N3C(=O)OCc2ccccc2)cc1F. The molecule has 8 heteroatoms. The zero-order chi connectivity index (χ0) is 20.4. The van der Waals surface area contributed by atoms with E-state index in [0.717, 1.165) is 11.6 Å². The fourth-order valence-electron chi connectivity index (χ4n) is 4.08. The first-order chi connectivity index (χ1) is 14.0. The van der Waals surface area contributed by atoms with Crippen molar-refractivity contribution in [1.29, 1.82) is 5.26 Å². The molecule has 2 bridgehead atoms. The molecule has 2 atom stereocenters. The summed E-state index contributed by atoms with van der Waals surface area (Å²) >= 11 is 0. The number of ether oxygens (including phenoxy) is 2. The number of aliphatic hydroxyl groups is 1. The number of pyridine rings is 1. The molecule has 3 heterocycles. The molecule has 29 heavy (non-hydrogen) atoms. The average Bonchev–Trinajstić information content (AvgIpc) is 2.72. The van der Waals surface area contributed by atoms with Gasteiger partial charge in [-0.1, -0.05) is 30.3 Å². The first-order valence-corrected chi connectivity index (χ1v) is 9.35. The van der Waals surface area contributed by atoms with E-state index < -0.39 is 29.6 Å². The maximum atomic E-state index is 14.0. The largest absolute Gasteiger partial charge is 0.445 e. The standard InChI is InChI=1S/C21H20FN3O4/c22-18-6-15(10-24-19(18)9-23)21(27)7-16-12-28-13-17(8-21)25(16)20(26)29-11-14-4-2-1-3-5-14/h1-6,10,16-17,27H,7-8,11-13H2. The molecule has 2 unspecified atom stereocenters. The van der Waals surface area contributed by atoms with Crippen molar-refractivity contribution in [3.63, 3.8) is 0 Å². The van der Waals surface area contributed by atoms with E-state index in [1.165, 1.54) is 6.20 Å². The minimum Gasteiger partial charge on any atom is -0.445 e. The van der Waals surface area contributed by atoms with Gasteiger partial charge in [-0.15, -0.1) is 0 Å². The van der Waals surface area contributed by atoms with Crippen molar-refractivity contribution >= 4 is 6.09 Å². The molecular weight excluding hydrogens is 377 g/mol. The molecule has 150 valence electrons. The van der Waals surface area contributed by atoms with E-state index in [0.29, 0.717) is 5.56 Å².